The summed E-state index contributed by atoms with van der Waals surface area (Å²) >= 11 is 1.45. The van der Waals surface area contributed by atoms with Gasteiger partial charge in [0.05, 0.1) is 12.2 Å². The van der Waals surface area contributed by atoms with Gasteiger partial charge in [0, 0.05) is 25.2 Å². The maximum atomic E-state index is 12.9. The van der Waals surface area contributed by atoms with E-state index in [4.69, 9.17) is 4.74 Å². The molecule has 0 bridgehead atoms. The maximum absolute atomic E-state index is 12.9. The normalized spacial score (nSPS) is 15.6. The molecule has 9 heteroatoms. The molecule has 0 saturated carbocycles. The Bertz CT molecular complexity index is 1140. The van der Waals surface area contributed by atoms with Crippen LogP contribution in [0.4, 0.5) is 5.00 Å². The first kappa shape index (κ1) is 25.0. The first-order valence-corrected chi connectivity index (χ1v) is 12.5. The Balaban J connectivity index is 2.08. The first-order chi connectivity index (χ1) is 15.9. The second-order valence-corrected chi connectivity index (χ2v) is 9.52. The van der Waals surface area contributed by atoms with Gasteiger partial charge in [0.25, 0.3) is 5.56 Å². The number of aryl methyl sites for hydroxylation is 1. The highest BCUT2D eigenvalue weighted by molar-refractivity contribution is 7.16. The number of rotatable bonds is 4. The van der Waals surface area contributed by atoms with Crippen LogP contribution in [-0.4, -0.2) is 33.0 Å². The number of nitrogens with zero attached hydrogens (tertiary/aromatic N) is 3. The highest BCUT2D eigenvalue weighted by atomic mass is 32.1. The number of aliphatic imine (C=N–C) groups is 1. The molecule has 180 valence electrons. The minimum Gasteiger partial charge on any atom is -0.494 e. The molecule has 1 aliphatic carbocycles. The number of aromatic nitrogens is 2. The minimum absolute atomic E-state index is 0.100. The summed E-state index contributed by atoms with van der Waals surface area (Å²) < 4.78 is 7.26. The SMILES string of the molecule is CCOC(=O)c1c(N=Cc2c(O)n(C)c(=O)n(C)c2=O)sc2c1CCCCCCCCCC2. The molecule has 0 aliphatic heterocycles. The number of hydrogen-bond donors (Lipinski definition) is 1. The number of fused-ring (bicyclic) bond motifs is 1. The van der Waals surface area contributed by atoms with Crippen molar-refractivity contribution in [1.29, 1.82) is 0 Å². The Kier molecular flexibility index (Phi) is 8.66. The molecule has 2 aromatic rings. The molecule has 0 aromatic carbocycles. The van der Waals surface area contributed by atoms with Crippen molar-refractivity contribution < 1.29 is 14.6 Å². The van der Waals surface area contributed by atoms with Gasteiger partial charge in [-0.05, 0) is 38.2 Å². The molecule has 2 heterocycles. The molecule has 0 saturated heterocycles. The summed E-state index contributed by atoms with van der Waals surface area (Å²) in [5.74, 6) is -0.869. The average molecular weight is 476 g/mol. The fourth-order valence-corrected chi connectivity index (χ4v) is 5.43. The summed E-state index contributed by atoms with van der Waals surface area (Å²) in [5.41, 5.74) is 0.0965. The van der Waals surface area contributed by atoms with Crippen molar-refractivity contribution in [1.82, 2.24) is 9.13 Å². The van der Waals surface area contributed by atoms with Crippen LogP contribution in [0.5, 0.6) is 5.88 Å². The predicted octanol–water partition coefficient (Wildman–Crippen LogP) is 4.00. The Hall–Kier alpha value is -2.68. The lowest BCUT2D eigenvalue weighted by molar-refractivity contribution is 0.0526. The van der Waals surface area contributed by atoms with Crippen molar-refractivity contribution in [2.75, 3.05) is 6.61 Å². The van der Waals surface area contributed by atoms with Gasteiger partial charge < -0.3 is 9.84 Å². The zero-order valence-corrected chi connectivity index (χ0v) is 20.5. The number of ether oxygens (including phenoxy) is 1. The Morgan fingerprint density at radius 2 is 1.64 bits per heavy atom. The molecule has 8 nitrogen and oxygen atoms in total. The van der Waals surface area contributed by atoms with E-state index < -0.39 is 23.1 Å². The van der Waals surface area contributed by atoms with Gasteiger partial charge in [0.1, 0.15) is 10.6 Å². The second-order valence-electron chi connectivity index (χ2n) is 8.43. The van der Waals surface area contributed by atoms with Crippen LogP contribution in [0.2, 0.25) is 0 Å². The van der Waals surface area contributed by atoms with E-state index in [-0.39, 0.29) is 12.2 Å². The fourth-order valence-electron chi connectivity index (χ4n) is 4.21. The lowest BCUT2D eigenvalue weighted by Gasteiger charge is -2.10. The molecule has 0 fully saturated rings. The van der Waals surface area contributed by atoms with Crippen molar-refractivity contribution in [3.05, 3.63) is 42.4 Å². The average Bonchev–Trinajstić information content (AvgIpc) is 3.13. The second kappa shape index (κ2) is 11.4. The topological polar surface area (TPSA) is 103 Å². The third-order valence-corrected chi connectivity index (χ3v) is 7.31. The molecule has 0 radical (unpaired) electrons. The Morgan fingerprint density at radius 1 is 1.03 bits per heavy atom. The van der Waals surface area contributed by atoms with E-state index in [9.17, 15) is 19.5 Å². The van der Waals surface area contributed by atoms with Gasteiger partial charge in [0.15, 0.2) is 0 Å². The summed E-state index contributed by atoms with van der Waals surface area (Å²) in [6.45, 7) is 2.03. The largest absolute Gasteiger partial charge is 0.494 e. The molecule has 0 amide bonds. The molecular formula is C24H33N3O5S. The lowest BCUT2D eigenvalue weighted by Crippen LogP contribution is -2.38. The van der Waals surface area contributed by atoms with Crippen molar-refractivity contribution in [3.8, 4) is 5.88 Å². The highest BCUT2D eigenvalue weighted by Crippen LogP contribution is 2.38. The van der Waals surface area contributed by atoms with Gasteiger partial charge in [-0.3, -0.25) is 13.9 Å². The first-order valence-electron chi connectivity index (χ1n) is 11.7. The van der Waals surface area contributed by atoms with E-state index in [1.807, 2.05) is 0 Å². The van der Waals surface area contributed by atoms with Gasteiger partial charge in [-0.1, -0.05) is 38.5 Å². The molecule has 0 spiro atoms. The van der Waals surface area contributed by atoms with Crippen LogP contribution < -0.4 is 11.2 Å². The molecule has 0 atom stereocenters. The standard InChI is InChI=1S/C24H33N3O5S/c1-4-32-23(30)19-16-13-11-9-7-5-6-8-10-12-14-18(16)33-20(19)25-15-17-21(28)26(2)24(31)27(3)22(17)29/h15,28H,4-14H2,1-3H3. The highest BCUT2D eigenvalue weighted by Gasteiger charge is 2.24. The molecule has 2 aromatic heterocycles. The number of carbonyl (C=O) groups excluding carboxylic acids is 1. The number of thiophene rings is 1. The van der Waals surface area contributed by atoms with Gasteiger partial charge in [-0.2, -0.15) is 0 Å². The van der Waals surface area contributed by atoms with E-state index in [1.165, 1.54) is 57.3 Å². The van der Waals surface area contributed by atoms with Gasteiger partial charge in [0.2, 0.25) is 5.88 Å². The van der Waals surface area contributed by atoms with E-state index in [0.717, 1.165) is 58.1 Å². The third kappa shape index (κ3) is 5.63. The van der Waals surface area contributed by atoms with Crippen molar-refractivity contribution in [2.45, 2.75) is 71.1 Å². The molecular weight excluding hydrogens is 442 g/mol. The van der Waals surface area contributed by atoms with Crippen LogP contribution in [0.15, 0.2) is 14.6 Å². The third-order valence-electron chi connectivity index (χ3n) is 6.11. The van der Waals surface area contributed by atoms with E-state index in [0.29, 0.717) is 10.6 Å². The summed E-state index contributed by atoms with van der Waals surface area (Å²) in [6.07, 6.45) is 12.2. The summed E-state index contributed by atoms with van der Waals surface area (Å²) in [4.78, 5) is 43.1. The van der Waals surface area contributed by atoms with Crippen LogP contribution in [0.3, 0.4) is 0 Å². The van der Waals surface area contributed by atoms with Crippen LogP contribution in [0.1, 0.15) is 84.7 Å². The van der Waals surface area contributed by atoms with Gasteiger partial charge in [-0.15, -0.1) is 11.3 Å². The zero-order valence-electron chi connectivity index (χ0n) is 19.7. The molecule has 1 aliphatic rings. The number of esters is 1. The summed E-state index contributed by atoms with van der Waals surface area (Å²) in [7, 11) is 2.73. The van der Waals surface area contributed by atoms with Crippen molar-refractivity contribution >= 4 is 28.5 Å². The quantitative estimate of drug-likeness (QED) is 0.532. The van der Waals surface area contributed by atoms with E-state index in [1.54, 1.807) is 6.92 Å². The lowest BCUT2D eigenvalue weighted by atomic mass is 9.97. The molecule has 33 heavy (non-hydrogen) atoms. The van der Waals surface area contributed by atoms with Crippen LogP contribution >= 0.6 is 11.3 Å². The number of aromatic hydroxyl groups is 1. The van der Waals surface area contributed by atoms with E-state index in [2.05, 4.69) is 4.99 Å². The smallest absolute Gasteiger partial charge is 0.341 e. The monoisotopic (exact) mass is 475 g/mol. The van der Waals surface area contributed by atoms with Crippen LogP contribution in [0.25, 0.3) is 0 Å². The number of carbonyl (C=O) groups is 1. The summed E-state index contributed by atoms with van der Waals surface area (Å²) in [6, 6.07) is 0. The summed E-state index contributed by atoms with van der Waals surface area (Å²) in [5, 5.41) is 10.8. The Labute approximate surface area is 197 Å². The molecule has 3 rings (SSSR count). The van der Waals surface area contributed by atoms with Crippen molar-refractivity contribution in [2.24, 2.45) is 19.1 Å². The molecule has 1 N–H and O–H groups in total. The maximum Gasteiger partial charge on any atom is 0.341 e. The van der Waals surface area contributed by atoms with Gasteiger partial charge in [-0.25, -0.2) is 14.6 Å². The van der Waals surface area contributed by atoms with Crippen LogP contribution in [-0.2, 0) is 31.7 Å². The minimum atomic E-state index is -0.646. The van der Waals surface area contributed by atoms with Crippen LogP contribution in [0, 0.1) is 0 Å². The number of hydrogen-bond acceptors (Lipinski definition) is 7. The van der Waals surface area contributed by atoms with Crippen molar-refractivity contribution in [3.63, 3.8) is 0 Å². The Morgan fingerprint density at radius 3 is 2.27 bits per heavy atom. The fraction of sp³-hybridized carbons (Fsp3) is 0.583. The van der Waals surface area contributed by atoms with Gasteiger partial charge >= 0.3 is 11.7 Å². The predicted molar refractivity (Wildman–Crippen MR) is 130 cm³/mol. The van der Waals surface area contributed by atoms with E-state index >= 15 is 0 Å². The zero-order chi connectivity index (χ0) is 24.0. The molecule has 0 unspecified atom stereocenters.